The number of rotatable bonds is 6. The Balaban J connectivity index is 1.53. The number of amides is 1. The van der Waals surface area contributed by atoms with Gasteiger partial charge in [0, 0.05) is 21.6 Å². The van der Waals surface area contributed by atoms with Crippen LogP contribution in [0.25, 0.3) is 27.6 Å². The van der Waals surface area contributed by atoms with Crippen molar-refractivity contribution in [3.63, 3.8) is 0 Å². The number of ether oxygens (including phenoxy) is 1. The summed E-state index contributed by atoms with van der Waals surface area (Å²) in [4.78, 5) is 33.9. The zero-order chi connectivity index (χ0) is 26.2. The van der Waals surface area contributed by atoms with E-state index in [2.05, 4.69) is 20.0 Å². The van der Waals surface area contributed by atoms with Crippen molar-refractivity contribution in [1.82, 2.24) is 14.5 Å². The molecule has 2 heterocycles. The number of nitrogens with zero attached hydrogens (tertiary/aromatic N) is 2. The maximum atomic E-state index is 13.6. The first-order chi connectivity index (χ1) is 17.7. The van der Waals surface area contributed by atoms with Crippen molar-refractivity contribution in [2.24, 2.45) is 0 Å². The molecule has 3 aromatic carbocycles. The number of anilines is 1. The molecule has 1 amide bonds. The van der Waals surface area contributed by atoms with Crippen LogP contribution in [0.1, 0.15) is 0 Å². The number of hydrogen-bond acceptors (Lipinski definition) is 5. The lowest BCUT2D eigenvalue weighted by molar-refractivity contribution is -0.274. The molecule has 0 atom stereocenters. The van der Waals surface area contributed by atoms with Gasteiger partial charge >= 0.3 is 6.36 Å². The minimum absolute atomic E-state index is 0.0851. The van der Waals surface area contributed by atoms with Crippen LogP contribution in [0.5, 0.6) is 5.75 Å². The van der Waals surface area contributed by atoms with Gasteiger partial charge in [-0.1, -0.05) is 41.6 Å². The predicted molar refractivity (Wildman–Crippen MR) is 137 cm³/mol. The summed E-state index contributed by atoms with van der Waals surface area (Å²) in [6.07, 6.45) is -4.85. The van der Waals surface area contributed by atoms with Gasteiger partial charge in [-0.3, -0.25) is 14.2 Å². The summed E-state index contributed by atoms with van der Waals surface area (Å²) < 4.78 is 42.9. The van der Waals surface area contributed by atoms with Gasteiger partial charge in [-0.25, -0.2) is 4.98 Å². The molecule has 188 valence electrons. The predicted octanol–water partition coefficient (Wildman–Crippen LogP) is 6.15. The number of aromatic amines is 1. The molecule has 37 heavy (non-hydrogen) atoms. The fourth-order valence-electron chi connectivity index (χ4n) is 3.72. The van der Waals surface area contributed by atoms with Crippen molar-refractivity contribution in [2.75, 3.05) is 11.1 Å². The highest BCUT2D eigenvalue weighted by Gasteiger charge is 2.31. The summed E-state index contributed by atoms with van der Waals surface area (Å²) in [6.45, 7) is 0. The molecule has 0 aliphatic rings. The molecule has 0 aliphatic heterocycles. The lowest BCUT2D eigenvalue weighted by Crippen LogP contribution is -2.23. The number of alkyl halides is 3. The second-order valence-electron chi connectivity index (χ2n) is 7.81. The normalized spacial score (nSPS) is 11.7. The van der Waals surface area contributed by atoms with Gasteiger partial charge in [0.25, 0.3) is 5.56 Å². The topological polar surface area (TPSA) is 89.0 Å². The number of aromatic nitrogens is 3. The standard InChI is InChI=1S/C25H16ClF3N4O3S/c26-14-5-7-15(8-6-14)30-20(34)13-37-24-32-21-18-3-1-2-4-19(18)31-22(21)23(35)33(24)16-9-11-17(12-10-16)36-25(27,28)29/h1-12,31H,13H2,(H,30,34). The van der Waals surface area contributed by atoms with Gasteiger partial charge in [-0.15, -0.1) is 13.2 Å². The van der Waals surface area contributed by atoms with E-state index in [1.54, 1.807) is 30.3 Å². The molecule has 0 fully saturated rings. The minimum Gasteiger partial charge on any atom is -0.406 e. The Morgan fingerprint density at radius 1 is 1.05 bits per heavy atom. The largest absolute Gasteiger partial charge is 0.573 e. The lowest BCUT2D eigenvalue weighted by Gasteiger charge is -2.13. The number of hydrogen-bond donors (Lipinski definition) is 2. The zero-order valence-electron chi connectivity index (χ0n) is 18.7. The van der Waals surface area contributed by atoms with E-state index in [1.807, 2.05) is 18.2 Å². The van der Waals surface area contributed by atoms with Crippen molar-refractivity contribution < 1.29 is 22.7 Å². The molecular weight excluding hydrogens is 529 g/mol. The van der Waals surface area contributed by atoms with Crippen molar-refractivity contribution in [2.45, 2.75) is 11.5 Å². The highest BCUT2D eigenvalue weighted by atomic mass is 35.5. The molecule has 0 spiro atoms. The van der Waals surface area contributed by atoms with E-state index >= 15 is 0 Å². The first-order valence-electron chi connectivity index (χ1n) is 10.8. The lowest BCUT2D eigenvalue weighted by atomic mass is 10.2. The number of fused-ring (bicyclic) bond motifs is 3. The molecule has 2 N–H and O–H groups in total. The van der Waals surface area contributed by atoms with E-state index in [9.17, 15) is 22.8 Å². The maximum absolute atomic E-state index is 13.6. The SMILES string of the molecule is O=C(CSc1nc2c([nH]c3ccccc32)c(=O)n1-c1ccc(OC(F)(F)F)cc1)Nc1ccc(Cl)cc1. The van der Waals surface area contributed by atoms with Crippen LogP contribution >= 0.6 is 23.4 Å². The first-order valence-corrected chi connectivity index (χ1v) is 12.1. The average Bonchev–Trinajstić information content (AvgIpc) is 3.23. The van der Waals surface area contributed by atoms with Crippen molar-refractivity contribution in [1.29, 1.82) is 0 Å². The summed E-state index contributed by atoms with van der Waals surface area (Å²) >= 11 is 6.89. The van der Waals surface area contributed by atoms with Crippen molar-refractivity contribution >= 4 is 56.9 Å². The van der Waals surface area contributed by atoms with Crippen LogP contribution in [0, 0.1) is 0 Å². The van der Waals surface area contributed by atoms with Crippen molar-refractivity contribution in [3.05, 3.63) is 88.2 Å². The number of H-pyrrole nitrogens is 1. The Labute approximate surface area is 216 Å². The van der Waals surface area contributed by atoms with Gasteiger partial charge in [0.15, 0.2) is 5.16 Å². The summed E-state index contributed by atoms with van der Waals surface area (Å²) in [6, 6.07) is 18.7. The monoisotopic (exact) mass is 544 g/mol. The summed E-state index contributed by atoms with van der Waals surface area (Å²) in [7, 11) is 0. The van der Waals surface area contributed by atoms with Gasteiger partial charge in [0.1, 0.15) is 16.8 Å². The molecular formula is C25H16ClF3N4O3S. The molecule has 5 aromatic rings. The number of benzene rings is 3. The highest BCUT2D eigenvalue weighted by molar-refractivity contribution is 7.99. The van der Waals surface area contributed by atoms with Crippen molar-refractivity contribution in [3.8, 4) is 11.4 Å². The van der Waals surface area contributed by atoms with Crippen LogP contribution in [0.4, 0.5) is 18.9 Å². The Kier molecular flexibility index (Phi) is 6.57. The molecule has 0 radical (unpaired) electrons. The molecule has 2 aromatic heterocycles. The number of halogens is 4. The van der Waals surface area contributed by atoms with E-state index in [0.717, 1.165) is 29.3 Å². The number of carbonyl (C=O) groups is 1. The molecule has 0 saturated heterocycles. The molecule has 5 rings (SSSR count). The van der Waals surface area contributed by atoms with Gasteiger partial charge in [-0.2, -0.15) is 0 Å². The third-order valence-electron chi connectivity index (χ3n) is 5.28. The smallest absolute Gasteiger partial charge is 0.406 e. The number of carbonyl (C=O) groups excluding carboxylic acids is 1. The van der Waals surface area contributed by atoms with Crippen LogP contribution in [0.15, 0.2) is 82.7 Å². The van der Waals surface area contributed by atoms with Gasteiger partial charge in [-0.05, 0) is 54.6 Å². The Bertz CT molecular complexity index is 1670. The van der Waals surface area contributed by atoms with Gasteiger partial charge in [0.2, 0.25) is 5.91 Å². The fraction of sp³-hybridized carbons (Fsp3) is 0.0800. The van der Waals surface area contributed by atoms with Crippen LogP contribution in [0.2, 0.25) is 5.02 Å². The van der Waals surface area contributed by atoms with E-state index in [-0.39, 0.29) is 28.0 Å². The first kappa shape index (κ1) is 24.7. The third kappa shape index (κ3) is 5.42. The minimum atomic E-state index is -4.85. The number of para-hydroxylation sites is 1. The number of thioether (sulfide) groups is 1. The summed E-state index contributed by atoms with van der Waals surface area (Å²) in [5, 5.41) is 4.19. The zero-order valence-corrected chi connectivity index (χ0v) is 20.2. The molecule has 0 saturated carbocycles. The van der Waals surface area contributed by atoms with E-state index in [0.29, 0.717) is 21.7 Å². The average molecular weight is 545 g/mol. The summed E-state index contributed by atoms with van der Waals surface area (Å²) in [5.41, 5.74) is 1.69. The molecule has 12 heteroatoms. The van der Waals surface area contributed by atoms with Crippen LogP contribution in [0.3, 0.4) is 0 Å². The Morgan fingerprint density at radius 3 is 2.46 bits per heavy atom. The van der Waals surface area contributed by atoms with Crippen LogP contribution in [-0.4, -0.2) is 32.6 Å². The van der Waals surface area contributed by atoms with Crippen LogP contribution < -0.4 is 15.6 Å². The Hall–Kier alpha value is -3.96. The molecule has 7 nitrogen and oxygen atoms in total. The Morgan fingerprint density at radius 2 is 1.76 bits per heavy atom. The highest BCUT2D eigenvalue weighted by Crippen LogP contribution is 2.28. The molecule has 0 aliphatic carbocycles. The quantitative estimate of drug-likeness (QED) is 0.198. The molecule has 0 unspecified atom stereocenters. The van der Waals surface area contributed by atoms with E-state index < -0.39 is 17.7 Å². The maximum Gasteiger partial charge on any atom is 0.573 e. The third-order valence-corrected chi connectivity index (χ3v) is 6.47. The fourth-order valence-corrected chi connectivity index (χ4v) is 4.66. The second-order valence-corrected chi connectivity index (χ2v) is 9.19. The van der Waals surface area contributed by atoms with Gasteiger partial charge < -0.3 is 15.0 Å². The number of nitrogens with one attached hydrogen (secondary N) is 2. The van der Waals surface area contributed by atoms with E-state index in [1.165, 1.54) is 16.7 Å². The molecule has 0 bridgehead atoms. The summed E-state index contributed by atoms with van der Waals surface area (Å²) in [5.74, 6) is -0.861. The van der Waals surface area contributed by atoms with Crippen LogP contribution in [-0.2, 0) is 4.79 Å². The van der Waals surface area contributed by atoms with Gasteiger partial charge in [0.05, 0.1) is 11.4 Å². The second kappa shape index (κ2) is 9.83. The van der Waals surface area contributed by atoms with E-state index in [4.69, 9.17) is 11.6 Å².